The van der Waals surface area contributed by atoms with Gasteiger partial charge in [0.2, 0.25) is 0 Å². The summed E-state index contributed by atoms with van der Waals surface area (Å²) in [6.45, 7) is 0.0786. The van der Waals surface area contributed by atoms with Crippen molar-refractivity contribution in [3.8, 4) is 5.75 Å². The largest absolute Gasteiger partial charge is 0.483 e. The molecule has 2 heterocycles. The molecule has 0 aliphatic carbocycles. The predicted octanol–water partition coefficient (Wildman–Crippen LogP) is 3.35. The Morgan fingerprint density at radius 2 is 1.80 bits per heavy atom. The van der Waals surface area contributed by atoms with E-state index in [-0.39, 0.29) is 6.61 Å². The Balaban J connectivity index is 1.50. The number of hydrogen-bond donors (Lipinski definition) is 0. The zero-order valence-corrected chi connectivity index (χ0v) is 13.2. The van der Waals surface area contributed by atoms with Crippen LogP contribution in [0.15, 0.2) is 74.4 Å². The van der Waals surface area contributed by atoms with Gasteiger partial charge in [-0.2, -0.15) is 4.98 Å². The van der Waals surface area contributed by atoms with Crippen molar-refractivity contribution in [3.05, 3.63) is 88.4 Å². The molecule has 0 unspecified atom stereocenters. The lowest BCUT2D eigenvalue weighted by molar-refractivity contribution is 0.243. The number of nitrogens with zero attached hydrogens (tertiary/aromatic N) is 2. The molecule has 0 spiro atoms. The van der Waals surface area contributed by atoms with Gasteiger partial charge in [-0.3, -0.25) is 0 Å². The number of hydrogen-bond acceptors (Lipinski definition) is 6. The molecule has 0 atom stereocenters. The summed E-state index contributed by atoms with van der Waals surface area (Å²) in [6.07, 6.45) is 0.586. The zero-order valence-electron chi connectivity index (χ0n) is 13.2. The van der Waals surface area contributed by atoms with Gasteiger partial charge in [-0.1, -0.05) is 47.6 Å². The van der Waals surface area contributed by atoms with Crippen LogP contribution in [-0.2, 0) is 13.0 Å². The molecule has 0 N–H and O–H groups in total. The first-order chi connectivity index (χ1) is 12.3. The molecule has 25 heavy (non-hydrogen) atoms. The second-order valence-electron chi connectivity index (χ2n) is 5.48. The summed E-state index contributed by atoms with van der Waals surface area (Å²) in [5.74, 6) is 1.36. The summed E-state index contributed by atoms with van der Waals surface area (Å²) in [5, 5.41) is 4.67. The Morgan fingerprint density at radius 3 is 2.68 bits per heavy atom. The van der Waals surface area contributed by atoms with E-state index in [9.17, 15) is 4.79 Å². The van der Waals surface area contributed by atoms with Crippen molar-refractivity contribution in [2.75, 3.05) is 0 Å². The summed E-state index contributed by atoms with van der Waals surface area (Å²) in [5.41, 5.74) is 1.10. The molecular weight excluding hydrogens is 320 g/mol. The normalized spacial score (nSPS) is 10.9. The van der Waals surface area contributed by atoms with E-state index in [0.29, 0.717) is 34.9 Å². The molecule has 0 saturated heterocycles. The molecule has 124 valence electrons. The van der Waals surface area contributed by atoms with E-state index in [2.05, 4.69) is 10.1 Å². The van der Waals surface area contributed by atoms with Crippen LogP contribution in [0.2, 0.25) is 0 Å². The van der Waals surface area contributed by atoms with Crippen LogP contribution < -0.4 is 10.4 Å². The van der Waals surface area contributed by atoms with Crippen LogP contribution in [0.5, 0.6) is 5.75 Å². The number of fused-ring (bicyclic) bond motifs is 1. The van der Waals surface area contributed by atoms with E-state index in [1.807, 2.05) is 42.5 Å². The highest BCUT2D eigenvalue weighted by molar-refractivity contribution is 5.82. The van der Waals surface area contributed by atoms with Crippen molar-refractivity contribution >= 4 is 11.0 Å². The first-order valence-electron chi connectivity index (χ1n) is 7.79. The maximum absolute atomic E-state index is 11.6. The molecule has 6 heteroatoms. The minimum absolute atomic E-state index is 0.0786. The van der Waals surface area contributed by atoms with E-state index in [0.717, 1.165) is 5.56 Å². The van der Waals surface area contributed by atoms with Crippen LogP contribution in [0.3, 0.4) is 0 Å². The molecule has 6 nitrogen and oxygen atoms in total. The molecule has 0 bridgehead atoms. The minimum atomic E-state index is -0.469. The van der Waals surface area contributed by atoms with Crippen LogP contribution in [0.4, 0.5) is 0 Å². The molecule has 0 aliphatic rings. The molecule has 0 amide bonds. The lowest BCUT2D eigenvalue weighted by Gasteiger charge is -2.05. The number of rotatable bonds is 5. The van der Waals surface area contributed by atoms with Gasteiger partial charge in [0.25, 0.3) is 5.89 Å². The van der Waals surface area contributed by atoms with Crippen molar-refractivity contribution in [3.63, 3.8) is 0 Å². The highest BCUT2D eigenvalue weighted by Gasteiger charge is 2.10. The lowest BCUT2D eigenvalue weighted by atomic mass is 10.1. The van der Waals surface area contributed by atoms with Crippen molar-refractivity contribution < 1.29 is 13.7 Å². The van der Waals surface area contributed by atoms with Gasteiger partial charge in [-0.15, -0.1) is 0 Å². The Labute approximate surface area is 142 Å². The summed E-state index contributed by atoms with van der Waals surface area (Å²) >= 11 is 0. The second-order valence-corrected chi connectivity index (χ2v) is 5.48. The molecule has 4 aromatic rings. The SMILES string of the molecule is O=c1cc(OCc2nc(Cc3ccccc3)no2)c2ccccc2o1. The van der Waals surface area contributed by atoms with E-state index in [1.54, 1.807) is 12.1 Å². The van der Waals surface area contributed by atoms with E-state index in [1.165, 1.54) is 6.07 Å². The third kappa shape index (κ3) is 3.42. The number of ether oxygens (including phenoxy) is 1. The Bertz CT molecular complexity index is 1050. The average molecular weight is 334 g/mol. The van der Waals surface area contributed by atoms with Gasteiger partial charge in [0, 0.05) is 6.42 Å². The predicted molar refractivity (Wildman–Crippen MR) is 90.4 cm³/mol. The smallest absolute Gasteiger partial charge is 0.339 e. The molecule has 0 aliphatic heterocycles. The van der Waals surface area contributed by atoms with Crippen LogP contribution in [0, 0.1) is 0 Å². The van der Waals surface area contributed by atoms with Crippen molar-refractivity contribution in [1.29, 1.82) is 0 Å². The van der Waals surface area contributed by atoms with Gasteiger partial charge in [-0.25, -0.2) is 4.79 Å². The van der Waals surface area contributed by atoms with Gasteiger partial charge in [-0.05, 0) is 17.7 Å². The summed E-state index contributed by atoms with van der Waals surface area (Å²) < 4.78 is 16.0. The molecule has 0 radical (unpaired) electrons. The third-order valence-electron chi connectivity index (χ3n) is 3.68. The van der Waals surface area contributed by atoms with Crippen molar-refractivity contribution in [2.24, 2.45) is 0 Å². The minimum Gasteiger partial charge on any atom is -0.483 e. The van der Waals surface area contributed by atoms with Crippen molar-refractivity contribution in [1.82, 2.24) is 10.1 Å². The van der Waals surface area contributed by atoms with Gasteiger partial charge < -0.3 is 13.7 Å². The lowest BCUT2D eigenvalue weighted by Crippen LogP contribution is -2.02. The van der Waals surface area contributed by atoms with Gasteiger partial charge in [0.15, 0.2) is 12.4 Å². The number of para-hydroxylation sites is 1. The van der Waals surface area contributed by atoms with Crippen LogP contribution in [-0.4, -0.2) is 10.1 Å². The fraction of sp³-hybridized carbons (Fsp3) is 0.105. The van der Waals surface area contributed by atoms with E-state index < -0.39 is 5.63 Å². The fourth-order valence-corrected chi connectivity index (χ4v) is 2.54. The quantitative estimate of drug-likeness (QED) is 0.521. The molecule has 2 aromatic carbocycles. The first-order valence-corrected chi connectivity index (χ1v) is 7.79. The standard InChI is InChI=1S/C19H14N2O4/c22-19-11-16(14-8-4-5-9-15(14)24-19)23-12-18-20-17(21-25-18)10-13-6-2-1-3-7-13/h1-9,11H,10,12H2. The first kappa shape index (κ1) is 15.1. The number of benzene rings is 2. The molecule has 4 rings (SSSR count). The van der Waals surface area contributed by atoms with E-state index in [4.69, 9.17) is 13.7 Å². The Morgan fingerprint density at radius 1 is 1.00 bits per heavy atom. The average Bonchev–Trinajstić information content (AvgIpc) is 3.08. The van der Waals surface area contributed by atoms with Gasteiger partial charge >= 0.3 is 5.63 Å². The third-order valence-corrected chi connectivity index (χ3v) is 3.68. The molecule has 2 aromatic heterocycles. The van der Waals surface area contributed by atoms with Crippen LogP contribution in [0.25, 0.3) is 11.0 Å². The Hall–Kier alpha value is -3.41. The topological polar surface area (TPSA) is 78.4 Å². The fourth-order valence-electron chi connectivity index (χ4n) is 2.54. The zero-order chi connectivity index (χ0) is 17.1. The molecule has 0 fully saturated rings. The van der Waals surface area contributed by atoms with Gasteiger partial charge in [0.1, 0.15) is 11.3 Å². The maximum Gasteiger partial charge on any atom is 0.339 e. The second kappa shape index (κ2) is 6.60. The maximum atomic E-state index is 11.6. The van der Waals surface area contributed by atoms with E-state index >= 15 is 0 Å². The van der Waals surface area contributed by atoms with Crippen LogP contribution >= 0.6 is 0 Å². The summed E-state index contributed by atoms with van der Waals surface area (Å²) in [7, 11) is 0. The number of aromatic nitrogens is 2. The van der Waals surface area contributed by atoms with Crippen molar-refractivity contribution in [2.45, 2.75) is 13.0 Å². The molecule has 0 saturated carbocycles. The highest BCUT2D eigenvalue weighted by atomic mass is 16.5. The Kier molecular flexibility index (Phi) is 4.00. The monoisotopic (exact) mass is 334 g/mol. The van der Waals surface area contributed by atoms with Gasteiger partial charge in [0.05, 0.1) is 11.5 Å². The summed E-state index contributed by atoms with van der Waals surface area (Å²) in [4.78, 5) is 15.9. The van der Waals surface area contributed by atoms with Crippen LogP contribution in [0.1, 0.15) is 17.3 Å². The summed E-state index contributed by atoms with van der Waals surface area (Å²) in [6, 6.07) is 18.4. The molecular formula is C19H14N2O4. The highest BCUT2D eigenvalue weighted by Crippen LogP contribution is 2.24.